The van der Waals surface area contributed by atoms with Gasteiger partial charge in [-0.3, -0.25) is 9.59 Å². The summed E-state index contributed by atoms with van der Waals surface area (Å²) >= 11 is 1.29. The highest BCUT2D eigenvalue weighted by molar-refractivity contribution is 7.10. The van der Waals surface area contributed by atoms with E-state index in [1.807, 2.05) is 0 Å². The Morgan fingerprint density at radius 1 is 1.43 bits per heavy atom. The highest BCUT2D eigenvalue weighted by Crippen LogP contribution is 2.26. The van der Waals surface area contributed by atoms with Crippen molar-refractivity contribution in [2.45, 2.75) is 38.8 Å². The molecule has 8 heteroatoms. The van der Waals surface area contributed by atoms with E-state index in [2.05, 4.69) is 21.8 Å². The van der Waals surface area contributed by atoms with E-state index >= 15 is 0 Å². The van der Waals surface area contributed by atoms with Gasteiger partial charge >= 0.3 is 0 Å². The van der Waals surface area contributed by atoms with Crippen molar-refractivity contribution < 1.29 is 9.59 Å². The molecule has 2 saturated heterocycles. The number of carbonyl (C=O) groups excluding carboxylic acids is 2. The molecular weight excluding hydrogens is 290 g/mol. The molecule has 2 amide bonds. The summed E-state index contributed by atoms with van der Waals surface area (Å²) < 4.78 is 3.95. The Kier molecular flexibility index (Phi) is 4.05. The second-order valence-corrected chi connectivity index (χ2v) is 6.17. The summed E-state index contributed by atoms with van der Waals surface area (Å²) in [5.74, 6) is 0.0879. The fourth-order valence-corrected chi connectivity index (χ4v) is 3.46. The number of nitrogens with one attached hydrogen (secondary N) is 1. The smallest absolute Gasteiger partial charge is 0.246 e. The highest BCUT2D eigenvalue weighted by atomic mass is 32.1. The zero-order valence-corrected chi connectivity index (χ0v) is 12.9. The van der Waals surface area contributed by atoms with Gasteiger partial charge < -0.3 is 15.1 Å². The molecule has 1 N–H and O–H groups in total. The molecule has 0 aromatic carbocycles. The molecule has 0 spiro atoms. The van der Waals surface area contributed by atoms with E-state index in [1.54, 1.807) is 9.80 Å². The van der Waals surface area contributed by atoms with E-state index in [4.69, 9.17) is 0 Å². The maximum Gasteiger partial charge on any atom is 0.246 e. The van der Waals surface area contributed by atoms with E-state index in [0.29, 0.717) is 13.1 Å². The minimum absolute atomic E-state index is 0.0431. The molecule has 0 bridgehead atoms. The fourth-order valence-electron chi connectivity index (χ4n) is 2.86. The molecule has 2 aliphatic heterocycles. The van der Waals surface area contributed by atoms with Gasteiger partial charge in [-0.2, -0.15) is 0 Å². The predicted octanol–water partition coefficient (Wildman–Crippen LogP) is 0.693. The Bertz CT molecular complexity index is 546. The molecule has 1 aromatic heterocycles. The lowest BCUT2D eigenvalue weighted by molar-refractivity contribution is -0.154. The van der Waals surface area contributed by atoms with Crippen LogP contribution in [-0.2, 0) is 16.1 Å². The Morgan fingerprint density at radius 2 is 2.29 bits per heavy atom. The molecule has 2 fully saturated rings. The molecule has 0 saturated carbocycles. The van der Waals surface area contributed by atoms with Gasteiger partial charge in [-0.05, 0) is 19.3 Å². The van der Waals surface area contributed by atoms with Gasteiger partial charge in [0.1, 0.15) is 23.3 Å². The third kappa shape index (κ3) is 2.72. The normalized spacial score (nSPS) is 21.9. The van der Waals surface area contributed by atoms with Crippen LogP contribution >= 0.6 is 11.5 Å². The molecule has 1 aromatic rings. The van der Waals surface area contributed by atoms with Crippen molar-refractivity contribution in [2.75, 3.05) is 25.0 Å². The van der Waals surface area contributed by atoms with Crippen LogP contribution in [0.5, 0.6) is 0 Å². The number of piperazine rings is 1. The van der Waals surface area contributed by atoms with Gasteiger partial charge in [0.15, 0.2) is 0 Å². The van der Waals surface area contributed by atoms with E-state index < -0.39 is 0 Å². The average Bonchev–Trinajstić information content (AvgIpc) is 3.11. The molecule has 1 atom stereocenters. The van der Waals surface area contributed by atoms with E-state index in [-0.39, 0.29) is 24.4 Å². The Labute approximate surface area is 127 Å². The first-order valence-electron chi connectivity index (χ1n) is 7.34. The Hall–Kier alpha value is -1.70. The van der Waals surface area contributed by atoms with Crippen LogP contribution in [-0.4, -0.2) is 56.9 Å². The van der Waals surface area contributed by atoms with Gasteiger partial charge in [-0.25, -0.2) is 0 Å². The maximum atomic E-state index is 12.5. The first kappa shape index (κ1) is 14.2. The second kappa shape index (κ2) is 5.97. The van der Waals surface area contributed by atoms with Crippen LogP contribution in [0.2, 0.25) is 0 Å². The highest BCUT2D eigenvalue weighted by Gasteiger charge is 2.42. The molecule has 1 unspecified atom stereocenters. The summed E-state index contributed by atoms with van der Waals surface area (Å²) in [5.41, 5.74) is 0.751. The standard InChI is InChI=1S/C13H19N5O2S/c1-2-5-14-12-9(15-16-21-12)7-17-8-11(19)18-6-3-4-10(18)13(17)20/h10,14H,2-8H2,1H3. The molecular formula is C13H19N5O2S. The Balaban J connectivity index is 1.71. The van der Waals surface area contributed by atoms with Gasteiger partial charge in [0.25, 0.3) is 0 Å². The van der Waals surface area contributed by atoms with Crippen LogP contribution < -0.4 is 5.32 Å². The zero-order valence-electron chi connectivity index (χ0n) is 12.0. The van der Waals surface area contributed by atoms with Gasteiger partial charge in [0, 0.05) is 24.6 Å². The average molecular weight is 309 g/mol. The van der Waals surface area contributed by atoms with Crippen molar-refractivity contribution >= 4 is 28.3 Å². The van der Waals surface area contributed by atoms with E-state index in [9.17, 15) is 9.59 Å². The van der Waals surface area contributed by atoms with Crippen LogP contribution in [0.3, 0.4) is 0 Å². The van der Waals surface area contributed by atoms with Gasteiger partial charge in [0.2, 0.25) is 11.8 Å². The molecule has 114 valence electrons. The summed E-state index contributed by atoms with van der Waals surface area (Å²) in [6.07, 6.45) is 2.70. The topological polar surface area (TPSA) is 78.4 Å². The van der Waals surface area contributed by atoms with Gasteiger partial charge in [-0.15, -0.1) is 5.10 Å². The molecule has 0 radical (unpaired) electrons. The Morgan fingerprint density at radius 3 is 3.10 bits per heavy atom. The van der Waals surface area contributed by atoms with Gasteiger partial charge in [-0.1, -0.05) is 11.4 Å². The third-order valence-electron chi connectivity index (χ3n) is 3.93. The number of aromatic nitrogens is 2. The SMILES string of the molecule is CCCNc1snnc1CN1CC(=O)N2CCCC2C1=O. The fraction of sp³-hybridized carbons (Fsp3) is 0.692. The van der Waals surface area contributed by atoms with Crippen molar-refractivity contribution in [3.05, 3.63) is 5.69 Å². The summed E-state index contributed by atoms with van der Waals surface area (Å²) in [5, 5.41) is 8.25. The zero-order chi connectivity index (χ0) is 14.8. The van der Waals surface area contributed by atoms with Crippen LogP contribution in [0.1, 0.15) is 31.9 Å². The minimum atomic E-state index is -0.259. The number of hydrogen-bond donors (Lipinski definition) is 1. The molecule has 7 nitrogen and oxygen atoms in total. The van der Waals surface area contributed by atoms with Crippen molar-refractivity contribution in [3.8, 4) is 0 Å². The summed E-state index contributed by atoms with van der Waals surface area (Å²) in [4.78, 5) is 27.9. The predicted molar refractivity (Wildman–Crippen MR) is 78.8 cm³/mol. The summed E-state index contributed by atoms with van der Waals surface area (Å²) in [7, 11) is 0. The number of nitrogens with zero attached hydrogens (tertiary/aromatic N) is 4. The molecule has 0 aliphatic carbocycles. The number of amides is 2. The molecule has 3 rings (SSSR count). The lowest BCUT2D eigenvalue weighted by atomic mass is 10.1. The summed E-state index contributed by atoms with van der Waals surface area (Å²) in [6, 6.07) is -0.259. The van der Waals surface area contributed by atoms with Crippen molar-refractivity contribution in [2.24, 2.45) is 0 Å². The van der Waals surface area contributed by atoms with Crippen LogP contribution in [0.25, 0.3) is 0 Å². The third-order valence-corrected chi connectivity index (χ3v) is 4.65. The molecule has 2 aliphatic rings. The number of anilines is 1. The molecule has 21 heavy (non-hydrogen) atoms. The van der Waals surface area contributed by atoms with Crippen molar-refractivity contribution in [3.63, 3.8) is 0 Å². The van der Waals surface area contributed by atoms with Crippen molar-refractivity contribution in [1.82, 2.24) is 19.4 Å². The van der Waals surface area contributed by atoms with Gasteiger partial charge in [0.05, 0.1) is 6.54 Å². The number of rotatable bonds is 5. The maximum absolute atomic E-state index is 12.5. The number of fused-ring (bicyclic) bond motifs is 1. The van der Waals surface area contributed by atoms with Crippen LogP contribution in [0.4, 0.5) is 5.00 Å². The quantitative estimate of drug-likeness (QED) is 0.866. The second-order valence-electron chi connectivity index (χ2n) is 5.41. The minimum Gasteiger partial charge on any atom is -0.374 e. The number of carbonyl (C=O) groups is 2. The van der Waals surface area contributed by atoms with Crippen molar-refractivity contribution in [1.29, 1.82) is 0 Å². The lowest BCUT2D eigenvalue weighted by Crippen LogP contribution is -2.56. The summed E-state index contributed by atoms with van der Waals surface area (Å²) in [6.45, 7) is 4.16. The molecule has 3 heterocycles. The van der Waals surface area contributed by atoms with E-state index in [0.717, 1.165) is 36.5 Å². The van der Waals surface area contributed by atoms with Crippen LogP contribution in [0.15, 0.2) is 0 Å². The monoisotopic (exact) mass is 309 g/mol. The number of hydrogen-bond acceptors (Lipinski definition) is 6. The largest absolute Gasteiger partial charge is 0.374 e. The van der Waals surface area contributed by atoms with Crippen LogP contribution in [0, 0.1) is 0 Å². The van der Waals surface area contributed by atoms with E-state index in [1.165, 1.54) is 11.5 Å². The first-order valence-corrected chi connectivity index (χ1v) is 8.11. The first-order chi connectivity index (χ1) is 10.2. The lowest BCUT2D eigenvalue weighted by Gasteiger charge is -2.36.